The quantitative estimate of drug-likeness (QED) is 0.929. The van der Waals surface area contributed by atoms with Crippen molar-refractivity contribution in [1.82, 2.24) is 29.5 Å². The van der Waals surface area contributed by atoms with Crippen LogP contribution in [0.1, 0.15) is 38.2 Å². The zero-order valence-corrected chi connectivity index (χ0v) is 15.2. The Morgan fingerprint density at radius 2 is 2.13 bits per heavy atom. The molecule has 0 amide bonds. The van der Waals surface area contributed by atoms with Crippen molar-refractivity contribution in [3.05, 3.63) is 36.2 Å². The average molecular weight is 339 g/mol. The molecule has 1 aliphatic heterocycles. The first-order valence-electron chi connectivity index (χ1n) is 7.91. The van der Waals surface area contributed by atoms with E-state index >= 15 is 0 Å². The van der Waals surface area contributed by atoms with Gasteiger partial charge in [-0.25, -0.2) is 4.98 Å². The number of hydrogen-bond acceptors (Lipinski definition) is 4. The van der Waals surface area contributed by atoms with E-state index in [-0.39, 0.29) is 17.9 Å². The van der Waals surface area contributed by atoms with Gasteiger partial charge in [0.2, 0.25) is 0 Å². The normalized spacial score (nSPS) is 19.6. The summed E-state index contributed by atoms with van der Waals surface area (Å²) in [7, 11) is 2.06. The summed E-state index contributed by atoms with van der Waals surface area (Å²) in [6.07, 6.45) is 8.04. The molecular formula is C16H27ClN6. The molecule has 3 heterocycles. The minimum atomic E-state index is 0. The van der Waals surface area contributed by atoms with E-state index in [9.17, 15) is 0 Å². The van der Waals surface area contributed by atoms with Gasteiger partial charge >= 0.3 is 0 Å². The zero-order chi connectivity index (χ0) is 15.7. The maximum atomic E-state index is 4.54. The molecule has 0 saturated carbocycles. The molecule has 128 valence electrons. The number of imidazole rings is 1. The number of halogens is 1. The number of nitrogens with one attached hydrogen (secondary N) is 1. The van der Waals surface area contributed by atoms with Crippen LogP contribution in [0.5, 0.6) is 0 Å². The molecule has 0 radical (unpaired) electrons. The third kappa shape index (κ3) is 3.94. The Bertz CT molecular complexity index is 627. The van der Waals surface area contributed by atoms with Crippen LogP contribution < -0.4 is 5.32 Å². The van der Waals surface area contributed by atoms with Crippen molar-refractivity contribution in [2.75, 3.05) is 19.6 Å². The average Bonchev–Trinajstić information content (AvgIpc) is 3.08. The summed E-state index contributed by atoms with van der Waals surface area (Å²) in [4.78, 5) is 7.03. The SMILES string of the molecule is Cl.Cn1ccnc1C1CNCCN1Cc1cnn(C(C)(C)C)c1. The van der Waals surface area contributed by atoms with Gasteiger partial charge in [-0.1, -0.05) is 0 Å². The summed E-state index contributed by atoms with van der Waals surface area (Å²) in [5.74, 6) is 1.12. The maximum absolute atomic E-state index is 4.54. The number of piperazine rings is 1. The second-order valence-corrected chi connectivity index (χ2v) is 7.05. The van der Waals surface area contributed by atoms with E-state index in [2.05, 4.69) is 58.9 Å². The maximum Gasteiger partial charge on any atom is 0.127 e. The standard InChI is InChI=1S/C16H26N6.ClH/c1-16(2,3)22-12-13(9-19-22)11-21-8-5-17-10-14(21)15-18-6-7-20(15)4;/h6-7,9,12,14,17H,5,8,10-11H2,1-4H3;1H. The number of aromatic nitrogens is 4. The van der Waals surface area contributed by atoms with Gasteiger partial charge in [-0.3, -0.25) is 9.58 Å². The Labute approximate surface area is 144 Å². The van der Waals surface area contributed by atoms with Gasteiger partial charge in [0.15, 0.2) is 0 Å². The molecule has 0 aliphatic carbocycles. The molecule has 2 aromatic rings. The molecule has 1 aliphatic rings. The van der Waals surface area contributed by atoms with Crippen molar-refractivity contribution >= 4 is 12.4 Å². The predicted molar refractivity (Wildman–Crippen MR) is 93.7 cm³/mol. The Morgan fingerprint density at radius 3 is 2.74 bits per heavy atom. The molecule has 0 spiro atoms. The summed E-state index contributed by atoms with van der Waals surface area (Å²) < 4.78 is 4.16. The van der Waals surface area contributed by atoms with E-state index in [0.29, 0.717) is 6.04 Å². The number of aryl methyl sites for hydroxylation is 1. The molecular weight excluding hydrogens is 312 g/mol. The minimum absolute atomic E-state index is 0. The summed E-state index contributed by atoms with van der Waals surface area (Å²) in [5, 5.41) is 7.99. The van der Waals surface area contributed by atoms with Crippen LogP contribution in [-0.4, -0.2) is 43.9 Å². The van der Waals surface area contributed by atoms with Crippen LogP contribution in [0.4, 0.5) is 0 Å². The largest absolute Gasteiger partial charge is 0.337 e. The van der Waals surface area contributed by atoms with Crippen molar-refractivity contribution in [2.24, 2.45) is 7.05 Å². The highest BCUT2D eigenvalue weighted by Gasteiger charge is 2.27. The summed E-state index contributed by atoms with van der Waals surface area (Å²) in [5.41, 5.74) is 1.29. The van der Waals surface area contributed by atoms with Crippen molar-refractivity contribution in [1.29, 1.82) is 0 Å². The highest BCUT2D eigenvalue weighted by molar-refractivity contribution is 5.85. The number of hydrogen-bond donors (Lipinski definition) is 1. The smallest absolute Gasteiger partial charge is 0.127 e. The van der Waals surface area contributed by atoms with Crippen molar-refractivity contribution in [2.45, 2.75) is 38.9 Å². The van der Waals surface area contributed by atoms with E-state index in [1.54, 1.807) is 0 Å². The van der Waals surface area contributed by atoms with Crippen molar-refractivity contribution in [3.8, 4) is 0 Å². The molecule has 3 rings (SSSR count). The highest BCUT2D eigenvalue weighted by atomic mass is 35.5. The monoisotopic (exact) mass is 338 g/mol. The van der Waals surface area contributed by atoms with E-state index in [1.807, 2.05) is 23.3 Å². The molecule has 0 aromatic carbocycles. The van der Waals surface area contributed by atoms with E-state index < -0.39 is 0 Å². The molecule has 1 fully saturated rings. The van der Waals surface area contributed by atoms with Crippen LogP contribution in [0.2, 0.25) is 0 Å². The van der Waals surface area contributed by atoms with Crippen LogP contribution in [0.15, 0.2) is 24.8 Å². The van der Waals surface area contributed by atoms with Crippen LogP contribution in [0.3, 0.4) is 0 Å². The molecule has 6 nitrogen and oxygen atoms in total. The zero-order valence-electron chi connectivity index (χ0n) is 14.4. The Balaban J connectivity index is 0.00000192. The van der Waals surface area contributed by atoms with Crippen LogP contribution in [0.25, 0.3) is 0 Å². The van der Waals surface area contributed by atoms with Crippen LogP contribution in [0, 0.1) is 0 Å². The van der Waals surface area contributed by atoms with Gasteiger partial charge in [0.1, 0.15) is 5.82 Å². The molecule has 1 N–H and O–H groups in total. The van der Waals surface area contributed by atoms with Gasteiger partial charge in [0, 0.05) is 57.4 Å². The van der Waals surface area contributed by atoms with Crippen LogP contribution >= 0.6 is 12.4 Å². The van der Waals surface area contributed by atoms with E-state index in [1.165, 1.54) is 5.56 Å². The fourth-order valence-electron chi connectivity index (χ4n) is 2.93. The lowest BCUT2D eigenvalue weighted by atomic mass is 10.1. The topological polar surface area (TPSA) is 50.9 Å². The predicted octanol–water partition coefficient (Wildman–Crippen LogP) is 1.94. The number of rotatable bonds is 3. The Kier molecular flexibility index (Phi) is 5.49. The van der Waals surface area contributed by atoms with Gasteiger partial charge in [0.05, 0.1) is 17.8 Å². The fourth-order valence-corrected chi connectivity index (χ4v) is 2.93. The number of nitrogens with zero attached hydrogens (tertiary/aromatic N) is 5. The first-order valence-corrected chi connectivity index (χ1v) is 7.91. The lowest BCUT2D eigenvalue weighted by molar-refractivity contribution is 0.144. The Morgan fingerprint density at radius 1 is 1.35 bits per heavy atom. The second kappa shape index (κ2) is 7.03. The lowest BCUT2D eigenvalue weighted by Gasteiger charge is -2.35. The summed E-state index contributed by atoms with van der Waals surface area (Å²) in [6.45, 7) is 10.4. The van der Waals surface area contributed by atoms with Gasteiger partial charge in [-0.15, -0.1) is 12.4 Å². The lowest BCUT2D eigenvalue weighted by Crippen LogP contribution is -2.46. The highest BCUT2D eigenvalue weighted by Crippen LogP contribution is 2.23. The third-order valence-electron chi connectivity index (χ3n) is 4.22. The molecule has 1 unspecified atom stereocenters. The molecule has 2 aromatic heterocycles. The summed E-state index contributed by atoms with van der Waals surface area (Å²) in [6, 6.07) is 0.312. The summed E-state index contributed by atoms with van der Waals surface area (Å²) >= 11 is 0. The first-order chi connectivity index (χ1) is 10.4. The van der Waals surface area contributed by atoms with E-state index in [4.69, 9.17) is 0 Å². The van der Waals surface area contributed by atoms with Crippen molar-refractivity contribution < 1.29 is 0 Å². The molecule has 0 bridgehead atoms. The molecule has 7 heteroatoms. The first kappa shape index (κ1) is 18.0. The van der Waals surface area contributed by atoms with Crippen LogP contribution in [-0.2, 0) is 19.1 Å². The van der Waals surface area contributed by atoms with E-state index in [0.717, 1.165) is 32.0 Å². The van der Waals surface area contributed by atoms with Gasteiger partial charge in [-0.05, 0) is 20.8 Å². The molecule has 1 atom stereocenters. The van der Waals surface area contributed by atoms with Gasteiger partial charge in [-0.2, -0.15) is 5.10 Å². The molecule has 1 saturated heterocycles. The molecule has 23 heavy (non-hydrogen) atoms. The minimum Gasteiger partial charge on any atom is -0.337 e. The fraction of sp³-hybridized carbons (Fsp3) is 0.625. The van der Waals surface area contributed by atoms with Gasteiger partial charge < -0.3 is 9.88 Å². The third-order valence-corrected chi connectivity index (χ3v) is 4.22. The van der Waals surface area contributed by atoms with Crippen molar-refractivity contribution in [3.63, 3.8) is 0 Å². The Hall–Kier alpha value is -1.37. The second-order valence-electron chi connectivity index (χ2n) is 7.05. The van der Waals surface area contributed by atoms with Gasteiger partial charge in [0.25, 0.3) is 0 Å².